The van der Waals surface area contributed by atoms with Gasteiger partial charge in [-0.3, -0.25) is 9.59 Å². The molecule has 4 amide bonds. The lowest BCUT2D eigenvalue weighted by atomic mass is 9.95. The van der Waals surface area contributed by atoms with Crippen molar-refractivity contribution >= 4 is 17.8 Å². The van der Waals surface area contributed by atoms with E-state index in [0.29, 0.717) is 31.8 Å². The quantitative estimate of drug-likeness (QED) is 0.625. The second-order valence-corrected chi connectivity index (χ2v) is 11.1. The standard InChI is InChI=1S/C29H35FN4O3/c1-18(2)19-8-10-21(11-9-19)25(20-6-4-3-5-7-20)32-26(35)24-14-22(30)16-34(24)27(36)23-15-29(23)12-13-33(17-29)28(31)37/h3-11,18,22-25H,12-17H2,1-2H3,(H2,31,37)(H,32,35)/t22-,23?,24+,25+,29?/m1/s1. The third-order valence-electron chi connectivity index (χ3n) is 8.38. The van der Waals surface area contributed by atoms with Gasteiger partial charge in [-0.25, -0.2) is 9.18 Å². The van der Waals surface area contributed by atoms with E-state index in [-0.39, 0.29) is 36.1 Å². The van der Waals surface area contributed by atoms with E-state index in [1.54, 1.807) is 4.90 Å². The second-order valence-electron chi connectivity index (χ2n) is 11.1. The van der Waals surface area contributed by atoms with Crippen LogP contribution in [-0.4, -0.2) is 59.5 Å². The van der Waals surface area contributed by atoms with E-state index >= 15 is 0 Å². The summed E-state index contributed by atoms with van der Waals surface area (Å²) in [6.07, 6.45) is 0.0872. The van der Waals surface area contributed by atoms with Gasteiger partial charge in [-0.1, -0.05) is 68.4 Å². The van der Waals surface area contributed by atoms with Crippen LogP contribution in [0.25, 0.3) is 0 Å². The van der Waals surface area contributed by atoms with Gasteiger partial charge in [0.25, 0.3) is 0 Å². The molecule has 2 aromatic carbocycles. The summed E-state index contributed by atoms with van der Waals surface area (Å²) < 4.78 is 14.6. The van der Waals surface area contributed by atoms with Crippen LogP contribution >= 0.6 is 0 Å². The zero-order valence-corrected chi connectivity index (χ0v) is 21.4. The molecule has 3 fully saturated rings. The topological polar surface area (TPSA) is 95.7 Å². The molecule has 0 radical (unpaired) electrons. The normalized spacial score (nSPS) is 27.5. The van der Waals surface area contributed by atoms with Crippen LogP contribution in [-0.2, 0) is 9.59 Å². The molecular weight excluding hydrogens is 471 g/mol. The second kappa shape index (κ2) is 9.80. The van der Waals surface area contributed by atoms with Crippen LogP contribution in [0.4, 0.5) is 9.18 Å². The van der Waals surface area contributed by atoms with Gasteiger partial charge in [0.1, 0.15) is 12.2 Å². The zero-order chi connectivity index (χ0) is 26.3. The van der Waals surface area contributed by atoms with E-state index in [0.717, 1.165) is 11.1 Å². The Morgan fingerprint density at radius 1 is 1.03 bits per heavy atom. The summed E-state index contributed by atoms with van der Waals surface area (Å²) in [4.78, 5) is 41.6. The number of urea groups is 1. The minimum absolute atomic E-state index is 0.0154. The Kier molecular flexibility index (Phi) is 6.68. The lowest BCUT2D eigenvalue weighted by molar-refractivity contribution is -0.140. The number of benzene rings is 2. The average molecular weight is 507 g/mol. The van der Waals surface area contributed by atoms with Gasteiger partial charge in [-0.05, 0) is 35.4 Å². The average Bonchev–Trinajstić information content (AvgIpc) is 3.19. The molecule has 8 heteroatoms. The van der Waals surface area contributed by atoms with E-state index in [1.165, 1.54) is 10.5 Å². The first-order valence-corrected chi connectivity index (χ1v) is 13.1. The highest BCUT2D eigenvalue weighted by molar-refractivity contribution is 5.91. The number of nitrogens with one attached hydrogen (secondary N) is 1. The first kappa shape index (κ1) is 25.2. The molecule has 5 rings (SSSR count). The Balaban J connectivity index is 1.33. The van der Waals surface area contributed by atoms with Crippen LogP contribution in [0.2, 0.25) is 0 Å². The van der Waals surface area contributed by atoms with E-state index in [1.807, 2.05) is 42.5 Å². The smallest absolute Gasteiger partial charge is 0.314 e. The number of primary amides is 1. The van der Waals surface area contributed by atoms with Crippen LogP contribution < -0.4 is 11.1 Å². The lowest BCUT2D eigenvalue weighted by Crippen LogP contribution is -2.48. The maximum Gasteiger partial charge on any atom is 0.314 e. The van der Waals surface area contributed by atoms with Crippen molar-refractivity contribution in [3.63, 3.8) is 0 Å². The fraction of sp³-hybridized carbons (Fsp3) is 0.483. The molecular formula is C29H35FN4O3. The Bertz CT molecular complexity index is 1170. The number of nitrogens with two attached hydrogens (primary N) is 1. The van der Waals surface area contributed by atoms with Gasteiger partial charge in [0, 0.05) is 30.8 Å². The van der Waals surface area contributed by atoms with Crippen molar-refractivity contribution in [2.45, 2.75) is 57.3 Å². The van der Waals surface area contributed by atoms with E-state index in [4.69, 9.17) is 5.73 Å². The van der Waals surface area contributed by atoms with Gasteiger partial charge in [-0.2, -0.15) is 0 Å². The summed E-state index contributed by atoms with van der Waals surface area (Å²) in [5, 5.41) is 3.12. The third kappa shape index (κ3) is 4.93. The molecule has 37 heavy (non-hydrogen) atoms. The number of carbonyl (C=O) groups excluding carboxylic acids is 3. The number of halogens is 1. The van der Waals surface area contributed by atoms with Crippen LogP contribution in [0, 0.1) is 11.3 Å². The van der Waals surface area contributed by atoms with E-state index < -0.39 is 24.3 Å². The van der Waals surface area contributed by atoms with E-state index in [2.05, 4.69) is 31.3 Å². The SMILES string of the molecule is CC(C)c1ccc([C@@H](NC(=O)[C@@H]2C[C@@H](F)CN2C(=O)C2CC23CCN(C(N)=O)C3)c2ccccc2)cc1. The lowest BCUT2D eigenvalue weighted by Gasteiger charge is -2.28. The number of amides is 4. The van der Waals surface area contributed by atoms with E-state index in [9.17, 15) is 18.8 Å². The Hall–Kier alpha value is -3.42. The van der Waals surface area contributed by atoms with Crippen LogP contribution in [0.3, 0.4) is 0 Å². The molecule has 2 aliphatic heterocycles. The van der Waals surface area contributed by atoms with Gasteiger partial charge in [0.2, 0.25) is 11.8 Å². The molecule has 3 aliphatic rings. The number of hydrogen-bond donors (Lipinski definition) is 2. The molecule has 196 valence electrons. The van der Waals surface area contributed by atoms with Crippen molar-refractivity contribution < 1.29 is 18.8 Å². The first-order valence-electron chi connectivity index (χ1n) is 13.1. The predicted octanol–water partition coefficient (Wildman–Crippen LogP) is 3.75. The number of hydrogen-bond acceptors (Lipinski definition) is 3. The van der Waals surface area contributed by atoms with Crippen molar-refractivity contribution in [1.29, 1.82) is 0 Å². The fourth-order valence-corrected chi connectivity index (χ4v) is 6.03. The van der Waals surface area contributed by atoms with Crippen molar-refractivity contribution in [2.24, 2.45) is 17.1 Å². The van der Waals surface area contributed by atoms with Gasteiger partial charge in [0.05, 0.1) is 12.6 Å². The number of nitrogens with zero attached hydrogens (tertiary/aromatic N) is 2. The van der Waals surface area contributed by atoms with Gasteiger partial charge in [0.15, 0.2) is 0 Å². The molecule has 0 aromatic heterocycles. The Morgan fingerprint density at radius 3 is 2.30 bits per heavy atom. The van der Waals surface area contributed by atoms with Gasteiger partial charge < -0.3 is 20.9 Å². The molecule has 0 bridgehead atoms. The molecule has 1 spiro atoms. The highest BCUT2D eigenvalue weighted by Gasteiger charge is 2.63. The van der Waals surface area contributed by atoms with Crippen molar-refractivity contribution in [3.05, 3.63) is 71.3 Å². The van der Waals surface area contributed by atoms with Crippen LogP contribution in [0.1, 0.15) is 61.8 Å². The summed E-state index contributed by atoms with van der Waals surface area (Å²) in [6, 6.07) is 16.1. The van der Waals surface area contributed by atoms with Crippen molar-refractivity contribution in [3.8, 4) is 0 Å². The minimum atomic E-state index is -1.25. The number of rotatable bonds is 6. The summed E-state index contributed by atoms with van der Waals surface area (Å²) in [5.74, 6) is -0.454. The minimum Gasteiger partial charge on any atom is -0.351 e. The predicted molar refractivity (Wildman–Crippen MR) is 138 cm³/mol. The molecule has 7 nitrogen and oxygen atoms in total. The molecule has 2 unspecified atom stereocenters. The molecule has 1 aliphatic carbocycles. The third-order valence-corrected chi connectivity index (χ3v) is 8.38. The highest BCUT2D eigenvalue weighted by atomic mass is 19.1. The number of carbonyl (C=O) groups is 3. The number of alkyl halides is 1. The molecule has 2 heterocycles. The Morgan fingerprint density at radius 2 is 1.68 bits per heavy atom. The first-order chi connectivity index (χ1) is 17.7. The van der Waals surface area contributed by atoms with Crippen molar-refractivity contribution in [1.82, 2.24) is 15.1 Å². The summed E-state index contributed by atoms with van der Waals surface area (Å²) in [5.41, 5.74) is 8.19. The van der Waals surface area contributed by atoms with Crippen LogP contribution in [0.5, 0.6) is 0 Å². The monoisotopic (exact) mass is 506 g/mol. The number of likely N-dealkylation sites (tertiary alicyclic amines) is 2. The Labute approximate surface area is 217 Å². The molecule has 3 N–H and O–H groups in total. The van der Waals surface area contributed by atoms with Crippen LogP contribution in [0.15, 0.2) is 54.6 Å². The summed E-state index contributed by atoms with van der Waals surface area (Å²) in [6.45, 7) is 5.16. The maximum absolute atomic E-state index is 14.6. The summed E-state index contributed by atoms with van der Waals surface area (Å²) >= 11 is 0. The largest absolute Gasteiger partial charge is 0.351 e. The molecule has 1 saturated carbocycles. The molecule has 2 saturated heterocycles. The van der Waals surface area contributed by atoms with Gasteiger partial charge >= 0.3 is 6.03 Å². The van der Waals surface area contributed by atoms with Crippen molar-refractivity contribution in [2.75, 3.05) is 19.6 Å². The highest BCUT2D eigenvalue weighted by Crippen LogP contribution is 2.59. The molecule has 2 aromatic rings. The fourth-order valence-electron chi connectivity index (χ4n) is 6.03. The maximum atomic E-state index is 14.6. The van der Waals surface area contributed by atoms with Gasteiger partial charge in [-0.15, -0.1) is 0 Å². The molecule has 5 atom stereocenters. The summed E-state index contributed by atoms with van der Waals surface area (Å²) in [7, 11) is 0. The zero-order valence-electron chi connectivity index (χ0n) is 21.4.